The molecule has 0 unspecified atom stereocenters. The van der Waals surface area contributed by atoms with Crippen molar-refractivity contribution in [3.05, 3.63) is 65.7 Å². The van der Waals surface area contributed by atoms with Crippen LogP contribution in [0.1, 0.15) is 30.5 Å². The number of benzene rings is 2. The van der Waals surface area contributed by atoms with Gasteiger partial charge in [-0.1, -0.05) is 49.4 Å². The van der Waals surface area contributed by atoms with Crippen LogP contribution in [0.4, 0.5) is 10.5 Å². The number of hydrogen-bond acceptors (Lipinski definition) is 2. The largest absolute Gasteiger partial charge is 0.396 e. The molecule has 0 spiro atoms. The van der Waals surface area contributed by atoms with Crippen LogP contribution in [0.15, 0.2) is 54.6 Å². The molecule has 22 heavy (non-hydrogen) atoms. The van der Waals surface area contributed by atoms with Gasteiger partial charge >= 0.3 is 6.03 Å². The monoisotopic (exact) mass is 298 g/mol. The maximum absolute atomic E-state index is 12.1. The molecule has 0 heterocycles. The molecule has 0 saturated carbocycles. The van der Waals surface area contributed by atoms with Crippen LogP contribution in [0.3, 0.4) is 0 Å². The van der Waals surface area contributed by atoms with E-state index in [4.69, 9.17) is 0 Å². The van der Waals surface area contributed by atoms with E-state index in [1.165, 1.54) is 5.56 Å². The lowest BCUT2D eigenvalue weighted by Gasteiger charge is -2.18. The van der Waals surface area contributed by atoms with Crippen LogP contribution >= 0.6 is 0 Å². The quantitative estimate of drug-likeness (QED) is 0.764. The van der Waals surface area contributed by atoms with Gasteiger partial charge < -0.3 is 15.7 Å². The van der Waals surface area contributed by atoms with Gasteiger partial charge in [-0.05, 0) is 36.1 Å². The summed E-state index contributed by atoms with van der Waals surface area (Å²) >= 11 is 0. The highest BCUT2D eigenvalue weighted by atomic mass is 16.3. The number of anilines is 1. The van der Waals surface area contributed by atoms with E-state index in [1.807, 2.05) is 54.6 Å². The fourth-order valence-corrected chi connectivity index (χ4v) is 2.29. The summed E-state index contributed by atoms with van der Waals surface area (Å²) in [5.41, 5.74) is 2.96. The van der Waals surface area contributed by atoms with E-state index < -0.39 is 0 Å². The lowest BCUT2D eigenvalue weighted by Crippen LogP contribution is -2.33. The molecule has 0 aliphatic rings. The van der Waals surface area contributed by atoms with Gasteiger partial charge in [0.2, 0.25) is 0 Å². The zero-order valence-corrected chi connectivity index (χ0v) is 12.8. The summed E-state index contributed by atoms with van der Waals surface area (Å²) in [5, 5.41) is 14.9. The van der Waals surface area contributed by atoms with Gasteiger partial charge in [-0.3, -0.25) is 0 Å². The molecule has 0 bridgehead atoms. The molecule has 0 saturated heterocycles. The Morgan fingerprint density at radius 3 is 2.36 bits per heavy atom. The normalized spacial score (nSPS) is 11.7. The molecule has 3 N–H and O–H groups in total. The molecule has 2 aromatic rings. The number of urea groups is 1. The van der Waals surface area contributed by atoms with Crippen molar-refractivity contribution in [2.45, 2.75) is 25.8 Å². The fourth-order valence-electron chi connectivity index (χ4n) is 2.29. The Morgan fingerprint density at radius 2 is 1.77 bits per heavy atom. The summed E-state index contributed by atoms with van der Waals surface area (Å²) < 4.78 is 0. The molecule has 2 amide bonds. The molecule has 0 aliphatic carbocycles. The molecule has 0 aliphatic heterocycles. The Balaban J connectivity index is 1.98. The molecule has 0 fully saturated rings. The highest BCUT2D eigenvalue weighted by Gasteiger charge is 2.13. The standard InChI is InChI=1S/C18H22N2O2/c1-2-14-8-10-16(11-9-14)19-18(22)20-17(12-13-21)15-6-4-3-5-7-15/h3-11,17,21H,2,12-13H2,1H3,(H2,19,20,22)/t17-/m1/s1. The van der Waals surface area contributed by atoms with Crippen LogP contribution in [0.25, 0.3) is 0 Å². The van der Waals surface area contributed by atoms with E-state index in [0.29, 0.717) is 6.42 Å². The number of carbonyl (C=O) groups is 1. The summed E-state index contributed by atoms with van der Waals surface area (Å²) in [6.07, 6.45) is 1.45. The van der Waals surface area contributed by atoms with Crippen LogP contribution in [0.5, 0.6) is 0 Å². The van der Waals surface area contributed by atoms with Crippen molar-refractivity contribution in [1.29, 1.82) is 0 Å². The third kappa shape index (κ3) is 4.60. The van der Waals surface area contributed by atoms with Gasteiger partial charge in [0.25, 0.3) is 0 Å². The van der Waals surface area contributed by atoms with E-state index >= 15 is 0 Å². The molecule has 116 valence electrons. The number of aliphatic hydroxyl groups is 1. The minimum absolute atomic E-state index is 0.0189. The zero-order chi connectivity index (χ0) is 15.8. The number of aliphatic hydroxyl groups excluding tert-OH is 1. The zero-order valence-electron chi connectivity index (χ0n) is 12.8. The number of rotatable bonds is 6. The Morgan fingerprint density at radius 1 is 1.09 bits per heavy atom. The molecule has 0 radical (unpaired) electrons. The van der Waals surface area contributed by atoms with E-state index in [2.05, 4.69) is 17.6 Å². The molecule has 2 aromatic carbocycles. The van der Waals surface area contributed by atoms with Crippen molar-refractivity contribution in [2.24, 2.45) is 0 Å². The average molecular weight is 298 g/mol. The lowest BCUT2D eigenvalue weighted by atomic mass is 10.0. The van der Waals surface area contributed by atoms with Gasteiger partial charge in [0, 0.05) is 12.3 Å². The van der Waals surface area contributed by atoms with Crippen molar-refractivity contribution in [2.75, 3.05) is 11.9 Å². The highest BCUT2D eigenvalue weighted by molar-refractivity contribution is 5.89. The third-order valence-electron chi connectivity index (χ3n) is 3.55. The lowest BCUT2D eigenvalue weighted by molar-refractivity contribution is 0.239. The van der Waals surface area contributed by atoms with Gasteiger partial charge in [-0.25, -0.2) is 4.79 Å². The van der Waals surface area contributed by atoms with Gasteiger partial charge in [-0.2, -0.15) is 0 Å². The predicted octanol–water partition coefficient (Wildman–Crippen LogP) is 3.49. The summed E-state index contributed by atoms with van der Waals surface area (Å²) in [7, 11) is 0. The highest BCUT2D eigenvalue weighted by Crippen LogP contribution is 2.16. The molecule has 2 rings (SSSR count). The smallest absolute Gasteiger partial charge is 0.319 e. The third-order valence-corrected chi connectivity index (χ3v) is 3.55. The molecule has 0 aromatic heterocycles. The van der Waals surface area contributed by atoms with Crippen molar-refractivity contribution >= 4 is 11.7 Å². The van der Waals surface area contributed by atoms with Crippen LogP contribution in [0.2, 0.25) is 0 Å². The van der Waals surface area contributed by atoms with Crippen molar-refractivity contribution in [3.63, 3.8) is 0 Å². The Bertz CT molecular complexity index is 582. The second-order valence-electron chi connectivity index (χ2n) is 5.12. The maximum atomic E-state index is 12.1. The SMILES string of the molecule is CCc1ccc(NC(=O)N[C@H](CCO)c2ccccc2)cc1. The summed E-state index contributed by atoms with van der Waals surface area (Å²) in [6.45, 7) is 2.11. The minimum Gasteiger partial charge on any atom is -0.396 e. The van der Waals surface area contributed by atoms with Crippen molar-refractivity contribution < 1.29 is 9.90 Å². The Labute approximate surface area is 131 Å². The number of aryl methyl sites for hydroxylation is 1. The predicted molar refractivity (Wildman–Crippen MR) is 88.9 cm³/mol. The summed E-state index contributed by atoms with van der Waals surface area (Å²) in [6, 6.07) is 16.9. The van der Waals surface area contributed by atoms with Gasteiger partial charge in [0.1, 0.15) is 0 Å². The van der Waals surface area contributed by atoms with Gasteiger partial charge in [-0.15, -0.1) is 0 Å². The Hall–Kier alpha value is -2.33. The topological polar surface area (TPSA) is 61.4 Å². The molecule has 1 atom stereocenters. The molecule has 4 nitrogen and oxygen atoms in total. The molecular weight excluding hydrogens is 276 g/mol. The second-order valence-corrected chi connectivity index (χ2v) is 5.12. The Kier molecular flexibility index (Phi) is 5.98. The number of amides is 2. The van der Waals surface area contributed by atoms with E-state index in [0.717, 1.165) is 17.7 Å². The van der Waals surface area contributed by atoms with Crippen LogP contribution in [-0.2, 0) is 6.42 Å². The maximum Gasteiger partial charge on any atom is 0.319 e. The van der Waals surface area contributed by atoms with E-state index in [1.54, 1.807) is 0 Å². The van der Waals surface area contributed by atoms with Gasteiger partial charge in [0.05, 0.1) is 6.04 Å². The second kappa shape index (κ2) is 8.20. The van der Waals surface area contributed by atoms with Crippen LogP contribution in [0, 0.1) is 0 Å². The van der Waals surface area contributed by atoms with Gasteiger partial charge in [0.15, 0.2) is 0 Å². The number of carbonyl (C=O) groups excluding carboxylic acids is 1. The summed E-state index contributed by atoms with van der Waals surface area (Å²) in [4.78, 5) is 12.1. The first kappa shape index (κ1) is 16.0. The van der Waals surface area contributed by atoms with Crippen molar-refractivity contribution in [1.82, 2.24) is 5.32 Å². The average Bonchev–Trinajstić information content (AvgIpc) is 2.56. The molecule has 4 heteroatoms. The fraction of sp³-hybridized carbons (Fsp3) is 0.278. The minimum atomic E-state index is -0.272. The van der Waals surface area contributed by atoms with Crippen LogP contribution in [-0.4, -0.2) is 17.7 Å². The number of hydrogen-bond donors (Lipinski definition) is 3. The first-order valence-corrected chi connectivity index (χ1v) is 7.55. The van der Waals surface area contributed by atoms with E-state index in [-0.39, 0.29) is 18.7 Å². The number of nitrogens with one attached hydrogen (secondary N) is 2. The van der Waals surface area contributed by atoms with E-state index in [9.17, 15) is 9.90 Å². The van der Waals surface area contributed by atoms with Crippen molar-refractivity contribution in [3.8, 4) is 0 Å². The molecular formula is C18H22N2O2. The first-order valence-electron chi connectivity index (χ1n) is 7.55. The summed E-state index contributed by atoms with van der Waals surface area (Å²) in [5.74, 6) is 0. The first-order chi connectivity index (χ1) is 10.7. The van der Waals surface area contributed by atoms with Crippen LogP contribution < -0.4 is 10.6 Å².